The van der Waals surface area contributed by atoms with Crippen molar-refractivity contribution in [2.75, 3.05) is 19.0 Å². The predicted octanol–water partition coefficient (Wildman–Crippen LogP) is 0.606. The third-order valence-electron chi connectivity index (χ3n) is 2.72. The molecule has 0 spiro atoms. The van der Waals surface area contributed by atoms with E-state index in [4.69, 9.17) is 11.1 Å². The van der Waals surface area contributed by atoms with E-state index in [1.165, 1.54) is 0 Å². The third kappa shape index (κ3) is 3.19. The van der Waals surface area contributed by atoms with Crippen LogP contribution in [0.2, 0.25) is 0 Å². The molecule has 0 bridgehead atoms. The molecule has 0 aliphatic rings. The average Bonchev–Trinajstić information content (AvgIpc) is 2.53. The highest BCUT2D eigenvalue weighted by Gasteiger charge is 2.15. The summed E-state index contributed by atoms with van der Waals surface area (Å²) >= 11 is 0. The lowest BCUT2D eigenvalue weighted by Crippen LogP contribution is -2.24. The summed E-state index contributed by atoms with van der Waals surface area (Å²) < 4.78 is 1.73. The number of rotatable bonds is 5. The maximum Gasteiger partial charge on any atom is 0.142 e. The van der Waals surface area contributed by atoms with Gasteiger partial charge < -0.3 is 10.3 Å². The Labute approximate surface area is 102 Å². The second-order valence-corrected chi connectivity index (χ2v) is 4.41. The van der Waals surface area contributed by atoms with Crippen LogP contribution in [-0.2, 0) is 13.6 Å². The third-order valence-corrected chi connectivity index (χ3v) is 2.72. The Morgan fingerprint density at radius 2 is 2.29 bits per heavy atom. The van der Waals surface area contributed by atoms with Gasteiger partial charge in [-0.2, -0.15) is 10.4 Å². The number of nitrogen functional groups attached to an aromatic ring is 1. The summed E-state index contributed by atoms with van der Waals surface area (Å²) in [5.41, 5.74) is 4.69. The summed E-state index contributed by atoms with van der Waals surface area (Å²) in [6.07, 6.45) is 0. The van der Waals surface area contributed by atoms with Crippen molar-refractivity contribution in [3.8, 4) is 6.07 Å². The molecule has 0 saturated heterocycles. The van der Waals surface area contributed by atoms with E-state index in [0.717, 1.165) is 30.2 Å². The fourth-order valence-corrected chi connectivity index (χ4v) is 1.91. The Morgan fingerprint density at radius 1 is 1.65 bits per heavy atom. The van der Waals surface area contributed by atoms with E-state index in [2.05, 4.69) is 21.5 Å². The van der Waals surface area contributed by atoms with Crippen molar-refractivity contribution in [1.29, 1.82) is 5.26 Å². The molecule has 17 heavy (non-hydrogen) atoms. The van der Waals surface area contributed by atoms with Crippen LogP contribution in [0.3, 0.4) is 0 Å². The van der Waals surface area contributed by atoms with Crippen molar-refractivity contribution in [2.24, 2.45) is 18.8 Å². The summed E-state index contributed by atoms with van der Waals surface area (Å²) in [5.74, 6) is 6.32. The number of aryl methyl sites for hydroxylation is 2. The summed E-state index contributed by atoms with van der Waals surface area (Å²) in [6, 6.07) is 2.23. The van der Waals surface area contributed by atoms with Gasteiger partial charge in [0, 0.05) is 25.7 Å². The lowest BCUT2D eigenvalue weighted by atomic mass is 10.1. The summed E-state index contributed by atoms with van der Waals surface area (Å²) in [4.78, 5) is 2.10. The number of nitrogens with two attached hydrogens (primary N) is 1. The number of nitrogens with one attached hydrogen (secondary N) is 1. The Hall–Kier alpha value is -1.58. The van der Waals surface area contributed by atoms with Gasteiger partial charge in [-0.25, -0.2) is 5.84 Å². The Morgan fingerprint density at radius 3 is 2.82 bits per heavy atom. The first-order valence-electron chi connectivity index (χ1n) is 5.56. The molecule has 1 unspecified atom stereocenters. The van der Waals surface area contributed by atoms with Gasteiger partial charge >= 0.3 is 0 Å². The van der Waals surface area contributed by atoms with Crippen molar-refractivity contribution in [1.82, 2.24) is 14.7 Å². The van der Waals surface area contributed by atoms with Gasteiger partial charge in [0.1, 0.15) is 5.82 Å². The van der Waals surface area contributed by atoms with Crippen LogP contribution in [0.4, 0.5) is 5.82 Å². The molecule has 0 saturated carbocycles. The normalized spacial score (nSPS) is 12.5. The van der Waals surface area contributed by atoms with Gasteiger partial charge in [-0.05, 0) is 20.9 Å². The Balaban J connectivity index is 2.78. The molecule has 1 heterocycles. The highest BCUT2D eigenvalue weighted by molar-refractivity contribution is 5.46. The first-order valence-corrected chi connectivity index (χ1v) is 5.56. The molecule has 0 radical (unpaired) electrons. The molecule has 0 aliphatic carbocycles. The topological polar surface area (TPSA) is 82.9 Å². The lowest BCUT2D eigenvalue weighted by molar-refractivity contribution is 0.303. The fourth-order valence-electron chi connectivity index (χ4n) is 1.91. The van der Waals surface area contributed by atoms with Crippen molar-refractivity contribution >= 4 is 5.82 Å². The number of aromatic nitrogens is 2. The van der Waals surface area contributed by atoms with Gasteiger partial charge in [-0.15, -0.1) is 0 Å². The molecule has 1 aromatic rings. The summed E-state index contributed by atoms with van der Waals surface area (Å²) in [6.45, 7) is 5.33. The maximum atomic E-state index is 8.78. The molecule has 1 aromatic heterocycles. The van der Waals surface area contributed by atoms with Gasteiger partial charge in [-0.3, -0.25) is 4.68 Å². The highest BCUT2D eigenvalue weighted by Crippen LogP contribution is 2.19. The molecule has 6 nitrogen and oxygen atoms in total. The highest BCUT2D eigenvalue weighted by atomic mass is 15.4. The minimum atomic E-state index is 0.0197. The van der Waals surface area contributed by atoms with Gasteiger partial charge in [0.25, 0.3) is 0 Å². The molecule has 0 amide bonds. The first kappa shape index (κ1) is 13.5. The van der Waals surface area contributed by atoms with Gasteiger partial charge in [0.05, 0.1) is 17.7 Å². The van der Waals surface area contributed by atoms with Crippen LogP contribution in [-0.4, -0.2) is 28.3 Å². The molecule has 6 heteroatoms. The Kier molecular flexibility index (Phi) is 4.49. The van der Waals surface area contributed by atoms with Crippen molar-refractivity contribution in [3.05, 3.63) is 11.3 Å². The largest absolute Gasteiger partial charge is 0.308 e. The fraction of sp³-hybridized carbons (Fsp3) is 0.636. The SMILES string of the molecule is Cc1nn(C)c(NN)c1CN(C)CC(C)C#N. The van der Waals surface area contributed by atoms with Crippen LogP contribution in [0.5, 0.6) is 0 Å². The quantitative estimate of drug-likeness (QED) is 0.578. The molecule has 0 fully saturated rings. The smallest absolute Gasteiger partial charge is 0.142 e. The lowest BCUT2D eigenvalue weighted by Gasteiger charge is -2.18. The second-order valence-electron chi connectivity index (χ2n) is 4.41. The van der Waals surface area contributed by atoms with Crippen molar-refractivity contribution < 1.29 is 0 Å². The summed E-state index contributed by atoms with van der Waals surface area (Å²) in [7, 11) is 3.84. The number of nitriles is 1. The van der Waals surface area contributed by atoms with E-state index in [0.29, 0.717) is 0 Å². The summed E-state index contributed by atoms with van der Waals surface area (Å²) in [5, 5.41) is 13.1. The Bertz CT molecular complexity index is 416. The van der Waals surface area contributed by atoms with Crippen LogP contribution >= 0.6 is 0 Å². The van der Waals surface area contributed by atoms with Crippen LogP contribution in [0, 0.1) is 24.2 Å². The molecular formula is C11H20N6. The van der Waals surface area contributed by atoms with Crippen LogP contribution < -0.4 is 11.3 Å². The standard InChI is InChI=1S/C11H20N6/c1-8(5-12)6-16(3)7-10-9(2)15-17(4)11(10)14-13/h8,14H,6-7,13H2,1-4H3. The van der Waals surface area contributed by atoms with E-state index >= 15 is 0 Å². The van der Waals surface area contributed by atoms with Gasteiger partial charge in [0.15, 0.2) is 0 Å². The second kappa shape index (κ2) is 5.66. The zero-order chi connectivity index (χ0) is 13.0. The maximum absolute atomic E-state index is 8.78. The number of hydrogen-bond acceptors (Lipinski definition) is 5. The monoisotopic (exact) mass is 236 g/mol. The minimum absolute atomic E-state index is 0.0197. The molecule has 1 atom stereocenters. The van der Waals surface area contributed by atoms with E-state index in [9.17, 15) is 0 Å². The van der Waals surface area contributed by atoms with Crippen LogP contribution in [0.25, 0.3) is 0 Å². The van der Waals surface area contributed by atoms with E-state index in [1.807, 2.05) is 27.9 Å². The van der Waals surface area contributed by atoms with E-state index in [-0.39, 0.29) is 5.92 Å². The van der Waals surface area contributed by atoms with Gasteiger partial charge in [-0.1, -0.05) is 0 Å². The van der Waals surface area contributed by atoms with Crippen LogP contribution in [0.1, 0.15) is 18.2 Å². The number of nitrogens with zero attached hydrogens (tertiary/aromatic N) is 4. The molecule has 0 aromatic carbocycles. The number of anilines is 1. The number of hydrazine groups is 1. The molecule has 3 N–H and O–H groups in total. The number of hydrogen-bond donors (Lipinski definition) is 2. The van der Waals surface area contributed by atoms with Gasteiger partial charge in [0.2, 0.25) is 0 Å². The molecule has 0 aliphatic heterocycles. The van der Waals surface area contributed by atoms with E-state index < -0.39 is 0 Å². The van der Waals surface area contributed by atoms with Crippen molar-refractivity contribution in [3.63, 3.8) is 0 Å². The zero-order valence-corrected chi connectivity index (χ0v) is 10.9. The first-order chi connectivity index (χ1) is 7.99. The minimum Gasteiger partial charge on any atom is -0.308 e. The zero-order valence-electron chi connectivity index (χ0n) is 10.9. The van der Waals surface area contributed by atoms with Crippen molar-refractivity contribution in [2.45, 2.75) is 20.4 Å². The molecular weight excluding hydrogens is 216 g/mol. The van der Waals surface area contributed by atoms with Crippen LogP contribution in [0.15, 0.2) is 0 Å². The molecule has 1 rings (SSSR count). The predicted molar refractivity (Wildman–Crippen MR) is 66.9 cm³/mol. The van der Waals surface area contributed by atoms with E-state index in [1.54, 1.807) is 4.68 Å². The molecule has 94 valence electrons. The average molecular weight is 236 g/mol.